The van der Waals surface area contributed by atoms with Crippen LogP contribution in [0.4, 0.5) is 21.7 Å². The number of nitrogens with two attached hydrogens (primary N) is 2. The molecular formula is C25H29FN8O. The zero-order valence-electron chi connectivity index (χ0n) is 20.3. The van der Waals surface area contributed by atoms with Crippen molar-refractivity contribution in [1.82, 2.24) is 19.7 Å². The Balaban J connectivity index is 1.71. The van der Waals surface area contributed by atoms with Crippen molar-refractivity contribution in [2.45, 2.75) is 33.7 Å². The second-order valence-corrected chi connectivity index (χ2v) is 8.72. The van der Waals surface area contributed by atoms with Crippen molar-refractivity contribution in [2.24, 2.45) is 10.7 Å². The van der Waals surface area contributed by atoms with Crippen molar-refractivity contribution < 1.29 is 9.18 Å². The van der Waals surface area contributed by atoms with E-state index in [0.29, 0.717) is 63.5 Å². The minimum atomic E-state index is -0.527. The van der Waals surface area contributed by atoms with E-state index in [9.17, 15) is 4.79 Å². The Labute approximate surface area is 203 Å². The Bertz CT molecular complexity index is 1420. The molecule has 0 radical (unpaired) electrons. The molecular weight excluding hydrogens is 447 g/mol. The van der Waals surface area contributed by atoms with Gasteiger partial charge in [-0.25, -0.2) is 9.37 Å². The number of carbonyl (C=O) groups is 1. The first-order chi connectivity index (χ1) is 16.6. The molecule has 0 saturated carbocycles. The van der Waals surface area contributed by atoms with Crippen LogP contribution in [0.15, 0.2) is 46.4 Å². The SMILES string of the molecule is C=N/C(C)=C(N)\C(C)=C(/C)c1cc2cc(Nc3cc4n(n3)CC(=O)N(C)CC4)ncc2c(N)c1F. The normalized spacial score (nSPS) is 15.3. The largest absolute Gasteiger partial charge is 0.397 e. The maximum Gasteiger partial charge on any atom is 0.244 e. The second-order valence-electron chi connectivity index (χ2n) is 8.72. The lowest BCUT2D eigenvalue weighted by molar-refractivity contribution is -0.130. The number of benzene rings is 1. The molecule has 0 aliphatic carbocycles. The topological polar surface area (TPSA) is 127 Å². The molecule has 1 amide bonds. The average molecular weight is 477 g/mol. The van der Waals surface area contributed by atoms with Crippen molar-refractivity contribution in [3.05, 3.63) is 58.4 Å². The van der Waals surface area contributed by atoms with Crippen LogP contribution in [0.1, 0.15) is 32.0 Å². The smallest absolute Gasteiger partial charge is 0.244 e. The first-order valence-electron chi connectivity index (χ1n) is 11.2. The van der Waals surface area contributed by atoms with Gasteiger partial charge >= 0.3 is 0 Å². The van der Waals surface area contributed by atoms with Crippen LogP contribution in [-0.4, -0.2) is 45.9 Å². The Morgan fingerprint density at radius 3 is 2.69 bits per heavy atom. The van der Waals surface area contributed by atoms with Gasteiger partial charge in [-0.3, -0.25) is 14.5 Å². The van der Waals surface area contributed by atoms with Crippen molar-refractivity contribution >= 4 is 46.3 Å². The molecule has 2 aromatic heterocycles. The molecule has 10 heteroatoms. The van der Waals surface area contributed by atoms with Gasteiger partial charge in [0.05, 0.1) is 17.1 Å². The lowest BCUT2D eigenvalue weighted by atomic mass is 9.96. The van der Waals surface area contributed by atoms with Crippen molar-refractivity contribution in [2.75, 3.05) is 24.6 Å². The third-order valence-corrected chi connectivity index (χ3v) is 6.53. The molecule has 0 atom stereocenters. The number of aliphatic imine (C=N–C) groups is 1. The van der Waals surface area contributed by atoms with Crippen LogP contribution in [0, 0.1) is 5.82 Å². The van der Waals surface area contributed by atoms with Gasteiger partial charge in [0.2, 0.25) is 5.91 Å². The average Bonchev–Trinajstić information content (AvgIpc) is 3.17. The van der Waals surface area contributed by atoms with Gasteiger partial charge in [0.25, 0.3) is 0 Å². The lowest BCUT2D eigenvalue weighted by Crippen LogP contribution is -2.29. The number of anilines is 3. The number of halogens is 1. The number of nitrogens with one attached hydrogen (secondary N) is 1. The van der Waals surface area contributed by atoms with E-state index in [-0.39, 0.29) is 18.1 Å². The van der Waals surface area contributed by atoms with E-state index in [4.69, 9.17) is 11.5 Å². The molecule has 0 unspecified atom stereocenters. The zero-order chi connectivity index (χ0) is 25.4. The van der Waals surface area contributed by atoms with Gasteiger partial charge in [0, 0.05) is 48.9 Å². The maximum atomic E-state index is 15.2. The van der Waals surface area contributed by atoms with Crippen LogP contribution in [0.5, 0.6) is 0 Å². The number of allylic oxidation sites excluding steroid dienone is 3. The zero-order valence-corrected chi connectivity index (χ0v) is 20.3. The number of nitrogen functional groups attached to an aromatic ring is 1. The van der Waals surface area contributed by atoms with Crippen LogP contribution in [0.2, 0.25) is 0 Å². The van der Waals surface area contributed by atoms with E-state index in [1.54, 1.807) is 42.6 Å². The molecule has 35 heavy (non-hydrogen) atoms. The van der Waals surface area contributed by atoms with Crippen LogP contribution >= 0.6 is 0 Å². The van der Waals surface area contributed by atoms with Gasteiger partial charge in [-0.05, 0) is 56.2 Å². The van der Waals surface area contributed by atoms with Gasteiger partial charge in [0.15, 0.2) is 11.6 Å². The Kier molecular flexibility index (Phi) is 6.29. The molecule has 0 bridgehead atoms. The van der Waals surface area contributed by atoms with E-state index < -0.39 is 5.82 Å². The number of aromatic nitrogens is 3. The summed E-state index contributed by atoms with van der Waals surface area (Å²) < 4.78 is 16.9. The maximum absolute atomic E-state index is 15.2. The molecule has 0 saturated heterocycles. The standard InChI is InChI=1S/C25H29FN8O/c1-13(14(2)24(27)15(3)29-4)18-8-16-9-20(30-11-19(16)25(28)23(18)26)31-21-10-17-6-7-33(5)22(35)12-34(17)32-21/h8-11H,4,6-7,12,27-28H2,1-3,5H3,(H,30,31,32)/b14-13+,24-15+. The van der Waals surface area contributed by atoms with Gasteiger partial charge in [-0.2, -0.15) is 5.10 Å². The van der Waals surface area contributed by atoms with Crippen LogP contribution in [-0.2, 0) is 17.8 Å². The number of amides is 1. The predicted octanol–water partition coefficient (Wildman–Crippen LogP) is 3.59. The molecule has 1 aliphatic heterocycles. The van der Waals surface area contributed by atoms with E-state index in [2.05, 4.69) is 27.1 Å². The summed E-state index contributed by atoms with van der Waals surface area (Å²) in [7, 11) is 1.79. The highest BCUT2D eigenvalue weighted by molar-refractivity contribution is 5.97. The molecule has 5 N–H and O–H groups in total. The number of hydrogen-bond donors (Lipinski definition) is 3. The molecule has 0 fully saturated rings. The van der Waals surface area contributed by atoms with Crippen LogP contribution in [0.3, 0.4) is 0 Å². The third kappa shape index (κ3) is 4.46. The predicted molar refractivity (Wildman–Crippen MR) is 138 cm³/mol. The van der Waals surface area contributed by atoms with Crippen LogP contribution in [0.25, 0.3) is 16.3 Å². The second kappa shape index (κ2) is 9.21. The molecule has 182 valence electrons. The number of fused-ring (bicyclic) bond motifs is 2. The highest BCUT2D eigenvalue weighted by Crippen LogP contribution is 2.34. The summed E-state index contributed by atoms with van der Waals surface area (Å²) in [5, 5.41) is 8.91. The number of rotatable bonds is 5. The Hall–Kier alpha value is -4.21. The van der Waals surface area contributed by atoms with Gasteiger partial charge in [-0.15, -0.1) is 0 Å². The summed E-state index contributed by atoms with van der Waals surface area (Å²) in [5.74, 6) is 0.592. The van der Waals surface area contributed by atoms with Gasteiger partial charge in [-0.1, -0.05) is 0 Å². The van der Waals surface area contributed by atoms with E-state index >= 15 is 4.39 Å². The molecule has 3 aromatic rings. The highest BCUT2D eigenvalue weighted by Gasteiger charge is 2.20. The monoisotopic (exact) mass is 476 g/mol. The molecule has 0 spiro atoms. The van der Waals surface area contributed by atoms with Gasteiger partial charge in [0.1, 0.15) is 12.4 Å². The number of pyridine rings is 1. The number of nitrogens with zero attached hydrogens (tertiary/aromatic N) is 5. The fourth-order valence-corrected chi connectivity index (χ4v) is 4.04. The molecule has 1 aromatic carbocycles. The molecule has 4 rings (SSSR count). The van der Waals surface area contributed by atoms with Crippen LogP contribution < -0.4 is 16.8 Å². The summed E-state index contributed by atoms with van der Waals surface area (Å²) in [6.07, 6.45) is 2.25. The fourth-order valence-electron chi connectivity index (χ4n) is 4.04. The van der Waals surface area contributed by atoms with Gasteiger partial charge < -0.3 is 21.7 Å². The first kappa shape index (κ1) is 23.9. The molecule has 3 heterocycles. The third-order valence-electron chi connectivity index (χ3n) is 6.53. The lowest BCUT2D eigenvalue weighted by Gasteiger charge is -2.14. The van der Waals surface area contributed by atoms with E-state index in [1.807, 2.05) is 13.0 Å². The van der Waals surface area contributed by atoms with Crippen molar-refractivity contribution in [3.8, 4) is 0 Å². The number of likely N-dealkylation sites (N-methyl/N-ethyl adjacent to an activating group) is 1. The Morgan fingerprint density at radius 1 is 1.23 bits per heavy atom. The number of hydrogen-bond acceptors (Lipinski definition) is 7. The van der Waals surface area contributed by atoms with Crippen molar-refractivity contribution in [1.29, 1.82) is 0 Å². The summed E-state index contributed by atoms with van der Waals surface area (Å²) in [4.78, 5) is 22.1. The Morgan fingerprint density at radius 2 is 1.97 bits per heavy atom. The summed E-state index contributed by atoms with van der Waals surface area (Å²) in [5.41, 5.74) is 16.0. The summed E-state index contributed by atoms with van der Waals surface area (Å²) in [6.45, 7) is 9.68. The molecule has 1 aliphatic rings. The van der Waals surface area contributed by atoms with E-state index in [0.717, 1.165) is 5.69 Å². The fraction of sp³-hybridized carbons (Fsp3) is 0.280. The highest BCUT2D eigenvalue weighted by atomic mass is 19.1. The van der Waals surface area contributed by atoms with E-state index in [1.165, 1.54) is 6.20 Å². The summed E-state index contributed by atoms with van der Waals surface area (Å²) in [6, 6.07) is 5.42. The number of carbonyl (C=O) groups excluding carboxylic acids is 1. The minimum Gasteiger partial charge on any atom is -0.397 e. The first-order valence-corrected chi connectivity index (χ1v) is 11.2. The summed E-state index contributed by atoms with van der Waals surface area (Å²) >= 11 is 0. The quantitative estimate of drug-likeness (QED) is 0.293. The van der Waals surface area contributed by atoms with Crippen molar-refractivity contribution in [3.63, 3.8) is 0 Å². The molecule has 9 nitrogen and oxygen atoms in total. The minimum absolute atomic E-state index is 0.0144.